The number of amides is 2. The smallest absolute Gasteiger partial charge is 0.249 e. The maximum atomic E-state index is 11.9. The molecule has 1 fully saturated rings. The first kappa shape index (κ1) is 11.6. The van der Waals surface area contributed by atoms with Gasteiger partial charge in [0.05, 0.1) is 0 Å². The molecule has 98 valence electrons. The van der Waals surface area contributed by atoms with E-state index in [1.54, 1.807) is 10.8 Å². The Hall–Kier alpha value is -2.44. The predicted octanol–water partition coefficient (Wildman–Crippen LogP) is 0.300. The van der Waals surface area contributed by atoms with Crippen molar-refractivity contribution in [3.05, 3.63) is 17.8 Å². The molecule has 3 rings (SSSR count). The molecule has 3 heterocycles. The van der Waals surface area contributed by atoms with Crippen LogP contribution in [0.15, 0.2) is 12.3 Å². The molecule has 0 radical (unpaired) electrons. The molecule has 2 aromatic rings. The van der Waals surface area contributed by atoms with Gasteiger partial charge in [-0.3, -0.25) is 19.5 Å². The number of imidazole rings is 1. The van der Waals surface area contributed by atoms with Crippen molar-refractivity contribution in [2.24, 2.45) is 0 Å². The standard InChI is InChI=1S/C12H13N5O2/c1-6-4-5-14-10-9(6)16-12(13)17(10)7-2-3-8(18)15-11(7)19/h4-5,7H,2-3H2,1H3,(H2,13,16)(H,15,18,19). The Labute approximate surface area is 108 Å². The number of imide groups is 1. The molecule has 7 heteroatoms. The number of aromatic nitrogens is 3. The summed E-state index contributed by atoms with van der Waals surface area (Å²) in [5.41, 5.74) is 8.10. The fraction of sp³-hybridized carbons (Fsp3) is 0.333. The Morgan fingerprint density at radius 2 is 2.26 bits per heavy atom. The molecular weight excluding hydrogens is 246 g/mol. The van der Waals surface area contributed by atoms with E-state index in [1.807, 2.05) is 13.0 Å². The van der Waals surface area contributed by atoms with Gasteiger partial charge in [-0.05, 0) is 25.0 Å². The molecule has 1 unspecified atom stereocenters. The second-order valence-electron chi connectivity index (χ2n) is 4.61. The van der Waals surface area contributed by atoms with E-state index in [0.717, 1.165) is 5.56 Å². The molecule has 2 amide bonds. The summed E-state index contributed by atoms with van der Waals surface area (Å²) < 4.78 is 1.60. The molecule has 0 spiro atoms. The quantitative estimate of drug-likeness (QED) is 0.717. The van der Waals surface area contributed by atoms with Crippen molar-refractivity contribution in [1.82, 2.24) is 19.9 Å². The van der Waals surface area contributed by atoms with E-state index in [0.29, 0.717) is 24.0 Å². The highest BCUT2D eigenvalue weighted by Gasteiger charge is 2.31. The number of carbonyl (C=O) groups is 2. The van der Waals surface area contributed by atoms with Crippen molar-refractivity contribution in [2.75, 3.05) is 5.73 Å². The zero-order valence-electron chi connectivity index (χ0n) is 10.4. The Morgan fingerprint density at radius 1 is 1.47 bits per heavy atom. The van der Waals surface area contributed by atoms with Crippen molar-refractivity contribution in [3.63, 3.8) is 0 Å². The zero-order valence-corrected chi connectivity index (χ0v) is 10.4. The van der Waals surface area contributed by atoms with E-state index in [4.69, 9.17) is 5.73 Å². The summed E-state index contributed by atoms with van der Waals surface area (Å²) >= 11 is 0. The van der Waals surface area contributed by atoms with E-state index in [9.17, 15) is 9.59 Å². The third-order valence-corrected chi connectivity index (χ3v) is 3.33. The van der Waals surface area contributed by atoms with E-state index < -0.39 is 6.04 Å². The molecule has 1 aliphatic rings. The van der Waals surface area contributed by atoms with Crippen LogP contribution in [0.1, 0.15) is 24.4 Å². The third-order valence-electron chi connectivity index (χ3n) is 3.33. The highest BCUT2D eigenvalue weighted by molar-refractivity contribution is 6.00. The predicted molar refractivity (Wildman–Crippen MR) is 68.1 cm³/mol. The highest BCUT2D eigenvalue weighted by atomic mass is 16.2. The van der Waals surface area contributed by atoms with Crippen molar-refractivity contribution < 1.29 is 9.59 Å². The van der Waals surface area contributed by atoms with Gasteiger partial charge in [0.1, 0.15) is 11.6 Å². The number of nitrogens with one attached hydrogen (secondary N) is 1. The molecule has 3 N–H and O–H groups in total. The number of nitrogens with zero attached hydrogens (tertiary/aromatic N) is 3. The van der Waals surface area contributed by atoms with Gasteiger partial charge >= 0.3 is 0 Å². The fourth-order valence-corrected chi connectivity index (χ4v) is 2.36. The van der Waals surface area contributed by atoms with Gasteiger partial charge < -0.3 is 5.73 Å². The first-order valence-electron chi connectivity index (χ1n) is 6.00. The number of fused-ring (bicyclic) bond motifs is 1. The topological polar surface area (TPSA) is 103 Å². The van der Waals surface area contributed by atoms with Crippen molar-refractivity contribution in [1.29, 1.82) is 0 Å². The van der Waals surface area contributed by atoms with Crippen LogP contribution in [0.4, 0.5) is 5.95 Å². The Balaban J connectivity index is 2.15. The van der Waals surface area contributed by atoms with Gasteiger partial charge in [0.2, 0.25) is 17.8 Å². The minimum atomic E-state index is -0.531. The normalized spacial score (nSPS) is 19.7. The van der Waals surface area contributed by atoms with Crippen LogP contribution in [0.2, 0.25) is 0 Å². The number of hydrogen-bond donors (Lipinski definition) is 2. The second-order valence-corrected chi connectivity index (χ2v) is 4.61. The molecule has 1 saturated heterocycles. The number of rotatable bonds is 1. The molecule has 0 saturated carbocycles. The van der Waals surface area contributed by atoms with Gasteiger partial charge in [-0.2, -0.15) is 0 Å². The van der Waals surface area contributed by atoms with Crippen LogP contribution in [-0.4, -0.2) is 26.3 Å². The van der Waals surface area contributed by atoms with Gasteiger partial charge in [0.25, 0.3) is 0 Å². The molecule has 1 aliphatic heterocycles. The molecule has 0 aliphatic carbocycles. The summed E-state index contributed by atoms with van der Waals surface area (Å²) in [5.74, 6) is -0.370. The number of carbonyl (C=O) groups excluding carboxylic acids is 2. The lowest BCUT2D eigenvalue weighted by atomic mass is 10.1. The molecule has 0 aromatic carbocycles. The summed E-state index contributed by atoms with van der Waals surface area (Å²) in [4.78, 5) is 31.6. The van der Waals surface area contributed by atoms with Gasteiger partial charge in [-0.1, -0.05) is 0 Å². The number of aryl methyl sites for hydroxylation is 1. The van der Waals surface area contributed by atoms with Gasteiger partial charge in [-0.25, -0.2) is 9.97 Å². The summed E-state index contributed by atoms with van der Waals surface area (Å²) in [5, 5.41) is 2.31. The number of nitrogen functional groups attached to an aromatic ring is 1. The summed E-state index contributed by atoms with van der Waals surface area (Å²) in [6.07, 6.45) is 2.36. The second kappa shape index (κ2) is 4.04. The monoisotopic (exact) mass is 259 g/mol. The van der Waals surface area contributed by atoms with Gasteiger partial charge in [0, 0.05) is 12.6 Å². The Bertz CT molecular complexity index is 691. The number of nitrogens with two attached hydrogens (primary N) is 1. The highest BCUT2D eigenvalue weighted by Crippen LogP contribution is 2.27. The van der Waals surface area contributed by atoms with Gasteiger partial charge in [0.15, 0.2) is 5.65 Å². The van der Waals surface area contributed by atoms with Crippen LogP contribution in [0, 0.1) is 6.92 Å². The molecule has 19 heavy (non-hydrogen) atoms. The minimum absolute atomic E-state index is 0.242. The number of piperidine rings is 1. The summed E-state index contributed by atoms with van der Waals surface area (Å²) in [6, 6.07) is 1.31. The average molecular weight is 259 g/mol. The van der Waals surface area contributed by atoms with Crippen molar-refractivity contribution in [3.8, 4) is 0 Å². The van der Waals surface area contributed by atoms with Crippen LogP contribution in [0.3, 0.4) is 0 Å². The molecule has 0 bridgehead atoms. The number of anilines is 1. The Kier molecular flexibility index (Phi) is 2.48. The maximum Gasteiger partial charge on any atom is 0.249 e. The maximum absolute atomic E-state index is 11.9. The molecular formula is C12H13N5O2. The van der Waals surface area contributed by atoms with Gasteiger partial charge in [-0.15, -0.1) is 0 Å². The largest absolute Gasteiger partial charge is 0.369 e. The lowest BCUT2D eigenvalue weighted by molar-refractivity contribution is -0.135. The van der Waals surface area contributed by atoms with E-state index in [1.165, 1.54) is 0 Å². The van der Waals surface area contributed by atoms with Crippen LogP contribution in [0.25, 0.3) is 11.2 Å². The SMILES string of the molecule is Cc1ccnc2c1nc(N)n2C1CCC(=O)NC1=O. The zero-order chi connectivity index (χ0) is 13.6. The lowest BCUT2D eigenvalue weighted by Crippen LogP contribution is -2.42. The van der Waals surface area contributed by atoms with Crippen LogP contribution >= 0.6 is 0 Å². The third kappa shape index (κ3) is 1.74. The first-order valence-corrected chi connectivity index (χ1v) is 6.00. The average Bonchev–Trinajstić information content (AvgIpc) is 2.68. The fourth-order valence-electron chi connectivity index (χ4n) is 2.36. The molecule has 1 atom stereocenters. The summed E-state index contributed by atoms with van der Waals surface area (Å²) in [6.45, 7) is 1.91. The Morgan fingerprint density at radius 3 is 3.00 bits per heavy atom. The van der Waals surface area contributed by atoms with E-state index in [2.05, 4.69) is 15.3 Å². The number of pyridine rings is 1. The summed E-state index contributed by atoms with van der Waals surface area (Å²) in [7, 11) is 0. The number of hydrogen-bond acceptors (Lipinski definition) is 5. The lowest BCUT2D eigenvalue weighted by Gasteiger charge is -2.22. The molecule has 2 aromatic heterocycles. The van der Waals surface area contributed by atoms with Crippen LogP contribution < -0.4 is 11.1 Å². The molecule has 7 nitrogen and oxygen atoms in total. The van der Waals surface area contributed by atoms with Crippen molar-refractivity contribution >= 4 is 28.9 Å². The van der Waals surface area contributed by atoms with Crippen LogP contribution in [-0.2, 0) is 9.59 Å². The van der Waals surface area contributed by atoms with E-state index in [-0.39, 0.29) is 17.8 Å². The van der Waals surface area contributed by atoms with Crippen molar-refractivity contribution in [2.45, 2.75) is 25.8 Å². The van der Waals surface area contributed by atoms with E-state index >= 15 is 0 Å². The first-order chi connectivity index (χ1) is 9.08. The minimum Gasteiger partial charge on any atom is -0.369 e. The van der Waals surface area contributed by atoms with Crippen LogP contribution in [0.5, 0.6) is 0 Å².